The maximum absolute atomic E-state index is 2.76. The molecule has 0 amide bonds. The molecule has 0 bridgehead atoms. The molecule has 0 fully saturated rings. The summed E-state index contributed by atoms with van der Waals surface area (Å²) in [5.41, 5.74) is 18.7. The van der Waals surface area contributed by atoms with Crippen molar-refractivity contribution in [1.29, 1.82) is 0 Å². The van der Waals surface area contributed by atoms with Gasteiger partial charge in [-0.1, -0.05) is 98.3 Å². The normalized spacial score (nSPS) is 15.4. The lowest BCUT2D eigenvalue weighted by molar-refractivity contribution is 0.662. The van der Waals surface area contributed by atoms with Crippen LogP contribution in [-0.2, 0) is 5.41 Å². The largest absolute Gasteiger partial charge is 0.376 e. The van der Waals surface area contributed by atoms with Gasteiger partial charge in [-0.15, -0.1) is 11.3 Å². The maximum Gasteiger partial charge on any atom is 0.329 e. The van der Waals surface area contributed by atoms with Gasteiger partial charge in [-0.3, -0.25) is 0 Å². The van der Waals surface area contributed by atoms with Crippen LogP contribution in [0.15, 0.2) is 127 Å². The summed E-state index contributed by atoms with van der Waals surface area (Å²) < 4.78 is 5.44. The number of benzene rings is 7. The van der Waals surface area contributed by atoms with Crippen LogP contribution in [0.5, 0.6) is 0 Å². The second-order valence-corrected chi connectivity index (χ2v) is 17.0. The van der Waals surface area contributed by atoms with Crippen LogP contribution in [0, 0.1) is 20.8 Å². The van der Waals surface area contributed by atoms with Crippen molar-refractivity contribution in [2.75, 3.05) is 4.90 Å². The van der Waals surface area contributed by atoms with Crippen LogP contribution in [0.3, 0.4) is 0 Å². The first-order valence-corrected chi connectivity index (χ1v) is 19.3. The molecule has 4 heteroatoms. The number of thiophene rings is 1. The van der Waals surface area contributed by atoms with Crippen LogP contribution < -0.4 is 10.4 Å². The summed E-state index contributed by atoms with van der Waals surface area (Å²) in [6, 6.07) is 46.6. The first-order chi connectivity index (χ1) is 25.3. The molecule has 52 heavy (non-hydrogen) atoms. The summed E-state index contributed by atoms with van der Waals surface area (Å²) >= 11 is 1.93. The van der Waals surface area contributed by atoms with Gasteiger partial charge >= 0.3 is 6.85 Å². The molecule has 0 radical (unpaired) electrons. The Morgan fingerprint density at radius 1 is 0.615 bits per heavy atom. The van der Waals surface area contributed by atoms with Crippen molar-refractivity contribution in [1.82, 2.24) is 4.48 Å². The average molecular weight is 683 g/mol. The highest BCUT2D eigenvalue weighted by Crippen LogP contribution is 2.59. The van der Waals surface area contributed by atoms with Crippen LogP contribution in [0.25, 0.3) is 69.6 Å². The molecule has 0 N–H and O–H groups in total. The SMILES string of the molecule is Cc1ccc(N2C3=C(B4c5c(cc6sc7ccccc7c6c52)-c2cccc5c6cc7ccccc7cc6n4c25)C(C)(C)c2cc(C)c(C)cc23)cc1. The molecule has 0 atom stereocenters. The first kappa shape index (κ1) is 29.0. The van der Waals surface area contributed by atoms with Crippen molar-refractivity contribution in [3.63, 3.8) is 0 Å². The van der Waals surface area contributed by atoms with E-state index in [2.05, 4.69) is 165 Å². The second-order valence-electron chi connectivity index (χ2n) is 15.9. The molecule has 4 heterocycles. The van der Waals surface area contributed by atoms with Crippen molar-refractivity contribution >= 4 is 93.5 Å². The molecule has 9 aromatic rings. The zero-order valence-corrected chi connectivity index (χ0v) is 30.7. The van der Waals surface area contributed by atoms with Crippen molar-refractivity contribution in [3.05, 3.63) is 155 Å². The number of hydrogen-bond donors (Lipinski definition) is 0. The number of nitrogens with zero attached hydrogens (tertiary/aromatic N) is 2. The van der Waals surface area contributed by atoms with E-state index in [-0.39, 0.29) is 12.3 Å². The summed E-state index contributed by atoms with van der Waals surface area (Å²) in [5, 5.41) is 7.95. The highest BCUT2D eigenvalue weighted by Gasteiger charge is 2.53. The standard InChI is InChI=1S/C48H35BN2S/c1-26-17-19-31(20-18-26)50-45-37-21-27(2)28(3)22-38(37)48(4,5)47(45)49-43-36(25-41-42(46(43)50)34-13-8-9-16-40(34)52-41)33-15-10-14-32-35-23-29-11-6-7-12-30(29)24-39(35)51(49)44(32)33/h6-25H,1-5H3. The predicted octanol–water partition coefficient (Wildman–Crippen LogP) is 12.4. The molecule has 12 rings (SSSR count). The molecule has 3 aliphatic rings. The number of allylic oxidation sites excluding steroid dienone is 1. The van der Waals surface area contributed by atoms with Crippen molar-refractivity contribution < 1.29 is 0 Å². The number of anilines is 2. The Labute approximate surface area is 307 Å². The van der Waals surface area contributed by atoms with Gasteiger partial charge in [0, 0.05) is 69.9 Å². The summed E-state index contributed by atoms with van der Waals surface area (Å²) in [4.78, 5) is 2.68. The Bertz CT molecular complexity index is 3140. The monoisotopic (exact) mass is 682 g/mol. The molecular weight excluding hydrogens is 647 g/mol. The van der Waals surface area contributed by atoms with Gasteiger partial charge in [-0.2, -0.15) is 0 Å². The zero-order valence-electron chi connectivity index (χ0n) is 29.9. The minimum Gasteiger partial charge on any atom is -0.376 e. The lowest BCUT2D eigenvalue weighted by Crippen LogP contribution is -2.52. The van der Waals surface area contributed by atoms with E-state index in [0.29, 0.717) is 0 Å². The Morgan fingerprint density at radius 2 is 1.35 bits per heavy atom. The third kappa shape index (κ3) is 3.42. The van der Waals surface area contributed by atoms with Gasteiger partial charge < -0.3 is 9.38 Å². The Morgan fingerprint density at radius 3 is 2.17 bits per heavy atom. The lowest BCUT2D eigenvalue weighted by Gasteiger charge is -2.43. The van der Waals surface area contributed by atoms with E-state index < -0.39 is 0 Å². The lowest BCUT2D eigenvalue weighted by atomic mass is 9.40. The van der Waals surface area contributed by atoms with Crippen LogP contribution in [0.2, 0.25) is 0 Å². The van der Waals surface area contributed by atoms with Gasteiger partial charge in [-0.05, 0) is 107 Å². The number of para-hydroxylation sites is 1. The fourth-order valence-corrected chi connectivity index (χ4v) is 11.3. The summed E-state index contributed by atoms with van der Waals surface area (Å²) in [6.07, 6.45) is 0. The average Bonchev–Trinajstić information content (AvgIpc) is 3.75. The van der Waals surface area contributed by atoms with Gasteiger partial charge in [0.25, 0.3) is 0 Å². The molecule has 1 aliphatic carbocycles. The summed E-state index contributed by atoms with van der Waals surface area (Å²) in [7, 11) is 0. The first-order valence-electron chi connectivity index (χ1n) is 18.5. The Kier molecular flexibility index (Phi) is 5.39. The van der Waals surface area contributed by atoms with Gasteiger partial charge in [-0.25, -0.2) is 0 Å². The molecule has 0 saturated carbocycles. The molecular formula is C48H35BN2S. The van der Waals surface area contributed by atoms with Crippen LogP contribution in [-0.4, -0.2) is 11.3 Å². The topological polar surface area (TPSA) is 8.17 Å². The van der Waals surface area contributed by atoms with E-state index in [1.54, 1.807) is 0 Å². The number of aryl methyl sites for hydroxylation is 3. The molecule has 2 aliphatic heterocycles. The minimum absolute atomic E-state index is 0.0174. The molecule has 0 unspecified atom stereocenters. The number of hydrogen-bond acceptors (Lipinski definition) is 2. The molecule has 246 valence electrons. The number of aromatic nitrogens is 1. The van der Waals surface area contributed by atoms with Crippen molar-refractivity contribution in [2.45, 2.75) is 40.0 Å². The number of fused-ring (bicyclic) bond motifs is 13. The highest BCUT2D eigenvalue weighted by atomic mass is 32.1. The van der Waals surface area contributed by atoms with Gasteiger partial charge in [0.15, 0.2) is 0 Å². The van der Waals surface area contributed by atoms with Gasteiger partial charge in [0.2, 0.25) is 0 Å². The van der Waals surface area contributed by atoms with Gasteiger partial charge in [0.1, 0.15) is 0 Å². The second kappa shape index (κ2) is 9.64. The zero-order chi connectivity index (χ0) is 34.8. The Balaban J connectivity index is 1.35. The summed E-state index contributed by atoms with van der Waals surface area (Å²) in [6.45, 7) is 11.7. The van der Waals surface area contributed by atoms with Crippen molar-refractivity contribution in [2.24, 2.45) is 0 Å². The van der Waals surface area contributed by atoms with E-state index in [4.69, 9.17) is 0 Å². The third-order valence-electron chi connectivity index (χ3n) is 12.7. The van der Waals surface area contributed by atoms with E-state index in [1.807, 2.05) is 11.3 Å². The molecule has 2 nitrogen and oxygen atoms in total. The minimum atomic E-state index is -0.219. The summed E-state index contributed by atoms with van der Waals surface area (Å²) in [5.74, 6) is 0. The highest BCUT2D eigenvalue weighted by molar-refractivity contribution is 7.26. The van der Waals surface area contributed by atoms with E-state index in [9.17, 15) is 0 Å². The van der Waals surface area contributed by atoms with Gasteiger partial charge in [0.05, 0.1) is 5.69 Å². The molecule has 7 aromatic carbocycles. The van der Waals surface area contributed by atoms with Crippen LogP contribution >= 0.6 is 11.3 Å². The molecule has 0 spiro atoms. The third-order valence-corrected chi connectivity index (χ3v) is 13.8. The number of rotatable bonds is 1. The predicted molar refractivity (Wildman–Crippen MR) is 225 cm³/mol. The maximum atomic E-state index is 2.76. The van der Waals surface area contributed by atoms with E-state index in [1.165, 1.54) is 120 Å². The fraction of sp³-hybridized carbons (Fsp3) is 0.125. The van der Waals surface area contributed by atoms with E-state index in [0.717, 1.165) is 0 Å². The smallest absolute Gasteiger partial charge is 0.329 e. The molecule has 0 saturated heterocycles. The Hall–Kier alpha value is -5.58. The van der Waals surface area contributed by atoms with Crippen LogP contribution in [0.4, 0.5) is 11.4 Å². The molecule has 2 aromatic heterocycles. The fourth-order valence-electron chi connectivity index (χ4n) is 10.2. The quantitative estimate of drug-likeness (QED) is 0.157. The van der Waals surface area contributed by atoms with Crippen LogP contribution in [0.1, 0.15) is 41.7 Å². The van der Waals surface area contributed by atoms with E-state index >= 15 is 0 Å². The van der Waals surface area contributed by atoms with Crippen molar-refractivity contribution in [3.8, 4) is 11.1 Å².